The van der Waals surface area contributed by atoms with Crippen molar-refractivity contribution in [3.63, 3.8) is 0 Å². The fourth-order valence-corrected chi connectivity index (χ4v) is 1.66. The Labute approximate surface area is 111 Å². The Balaban J connectivity index is 2.45. The van der Waals surface area contributed by atoms with E-state index in [1.54, 1.807) is 0 Å². The molecule has 0 radical (unpaired) electrons. The Morgan fingerprint density at radius 2 is 1.89 bits per heavy atom. The first-order valence-electron chi connectivity index (χ1n) is 6.18. The van der Waals surface area contributed by atoms with Crippen molar-refractivity contribution in [3.8, 4) is 5.75 Å². The molecule has 0 aliphatic rings. The number of benzene rings is 1. The first-order chi connectivity index (χ1) is 9.02. The van der Waals surface area contributed by atoms with Gasteiger partial charge in [0.2, 0.25) is 0 Å². The molecule has 1 rings (SSSR count). The number of carboxylic acids is 1. The van der Waals surface area contributed by atoms with Gasteiger partial charge in [-0.3, -0.25) is 4.79 Å². The lowest BCUT2D eigenvalue weighted by Crippen LogP contribution is -2.12. The lowest BCUT2D eigenvalue weighted by atomic mass is 10.0. The molecule has 2 N–H and O–H groups in total. The summed E-state index contributed by atoms with van der Waals surface area (Å²) >= 11 is 0. The van der Waals surface area contributed by atoms with Crippen molar-refractivity contribution in [1.82, 2.24) is 0 Å². The molecule has 5 nitrogen and oxygen atoms in total. The van der Waals surface area contributed by atoms with E-state index in [0.29, 0.717) is 12.2 Å². The molecule has 104 valence electrons. The molecule has 1 aromatic carbocycles. The number of ether oxygens (including phenoxy) is 1. The monoisotopic (exact) mass is 266 g/mol. The maximum atomic E-state index is 11.6. The maximum absolute atomic E-state index is 11.6. The normalized spacial score (nSPS) is 11.9. The summed E-state index contributed by atoms with van der Waals surface area (Å²) in [7, 11) is 0. The summed E-state index contributed by atoms with van der Waals surface area (Å²) in [6, 6.07) is 5.69. The van der Waals surface area contributed by atoms with Gasteiger partial charge in [0.1, 0.15) is 5.75 Å². The van der Waals surface area contributed by atoms with Gasteiger partial charge in [-0.15, -0.1) is 0 Å². The second kappa shape index (κ2) is 7.53. The Morgan fingerprint density at radius 1 is 1.26 bits per heavy atom. The first kappa shape index (κ1) is 15.2. The van der Waals surface area contributed by atoms with E-state index in [2.05, 4.69) is 0 Å². The molecular weight excluding hydrogens is 248 g/mol. The van der Waals surface area contributed by atoms with Crippen molar-refractivity contribution in [3.05, 3.63) is 29.8 Å². The summed E-state index contributed by atoms with van der Waals surface area (Å²) in [5.41, 5.74) is 0.149. The van der Waals surface area contributed by atoms with Gasteiger partial charge in [0, 0.05) is 13.0 Å². The Bertz CT molecular complexity index is 424. The smallest absolute Gasteiger partial charge is 0.335 e. The van der Waals surface area contributed by atoms with Crippen LogP contribution in [-0.4, -0.2) is 28.8 Å². The molecule has 5 heteroatoms. The van der Waals surface area contributed by atoms with Crippen LogP contribution in [0, 0.1) is 5.92 Å². The van der Waals surface area contributed by atoms with Gasteiger partial charge in [-0.05, 0) is 43.0 Å². The number of carbonyl (C=O) groups excluding carboxylic acids is 1. The molecule has 0 amide bonds. The molecule has 0 heterocycles. The van der Waals surface area contributed by atoms with E-state index in [0.717, 1.165) is 6.42 Å². The van der Waals surface area contributed by atoms with E-state index < -0.39 is 5.97 Å². The zero-order valence-corrected chi connectivity index (χ0v) is 10.8. The van der Waals surface area contributed by atoms with Crippen molar-refractivity contribution < 1.29 is 24.5 Å². The molecule has 1 aromatic rings. The van der Waals surface area contributed by atoms with Crippen LogP contribution in [0.25, 0.3) is 0 Å². The van der Waals surface area contributed by atoms with E-state index in [1.165, 1.54) is 24.3 Å². The predicted octanol–water partition coefficient (Wildman–Crippen LogP) is 2.09. The number of rotatable bonds is 7. The molecule has 1 atom stereocenters. The molecule has 0 aliphatic carbocycles. The maximum Gasteiger partial charge on any atom is 0.335 e. The average Bonchev–Trinajstić information content (AvgIpc) is 2.36. The minimum Gasteiger partial charge on any atom is -0.478 e. The second-order valence-electron chi connectivity index (χ2n) is 4.48. The van der Waals surface area contributed by atoms with Crippen LogP contribution in [0.4, 0.5) is 0 Å². The Hall–Kier alpha value is -1.88. The molecule has 0 saturated heterocycles. The minimum absolute atomic E-state index is 0.121. The highest BCUT2D eigenvalue weighted by Gasteiger charge is 2.11. The topological polar surface area (TPSA) is 83.8 Å². The van der Waals surface area contributed by atoms with Gasteiger partial charge in [0.25, 0.3) is 0 Å². The second-order valence-corrected chi connectivity index (χ2v) is 4.48. The van der Waals surface area contributed by atoms with E-state index in [9.17, 15) is 9.59 Å². The van der Waals surface area contributed by atoms with Gasteiger partial charge in [-0.2, -0.15) is 0 Å². The molecule has 1 unspecified atom stereocenters. The largest absolute Gasteiger partial charge is 0.478 e. The third kappa shape index (κ3) is 5.52. The molecule has 0 saturated carbocycles. The number of hydrogen-bond donors (Lipinski definition) is 2. The third-order valence-corrected chi connectivity index (χ3v) is 2.70. The summed E-state index contributed by atoms with van der Waals surface area (Å²) in [4.78, 5) is 22.3. The average molecular weight is 266 g/mol. The summed E-state index contributed by atoms with van der Waals surface area (Å²) in [5, 5.41) is 17.4. The van der Waals surface area contributed by atoms with E-state index >= 15 is 0 Å². The standard InChI is InChI=1S/C14H18O5/c1-10(3-2-8-15)9-13(16)19-12-6-4-11(5-7-12)14(17)18/h4-7,10,15H,2-3,8-9H2,1H3,(H,17,18). The lowest BCUT2D eigenvalue weighted by Gasteiger charge is -2.10. The van der Waals surface area contributed by atoms with Crippen LogP contribution in [0.15, 0.2) is 24.3 Å². The number of carboxylic acid groups (broad SMARTS) is 1. The summed E-state index contributed by atoms with van der Waals surface area (Å²) < 4.78 is 5.11. The summed E-state index contributed by atoms with van der Waals surface area (Å²) in [5.74, 6) is -0.883. The van der Waals surface area contributed by atoms with Gasteiger partial charge >= 0.3 is 11.9 Å². The predicted molar refractivity (Wildman–Crippen MR) is 69.1 cm³/mol. The van der Waals surface area contributed by atoms with Crippen molar-refractivity contribution in [2.75, 3.05) is 6.61 Å². The molecule has 0 spiro atoms. The highest BCUT2D eigenvalue weighted by atomic mass is 16.5. The number of carbonyl (C=O) groups is 2. The van der Waals surface area contributed by atoms with Gasteiger partial charge in [0.05, 0.1) is 5.56 Å². The fourth-order valence-electron chi connectivity index (χ4n) is 1.66. The Morgan fingerprint density at radius 3 is 2.42 bits per heavy atom. The zero-order chi connectivity index (χ0) is 14.3. The Kier molecular flexibility index (Phi) is 6.02. The lowest BCUT2D eigenvalue weighted by molar-refractivity contribution is -0.135. The number of aromatic carboxylic acids is 1. The van der Waals surface area contributed by atoms with E-state index in [4.69, 9.17) is 14.9 Å². The quantitative estimate of drug-likeness (QED) is 0.583. The van der Waals surface area contributed by atoms with Crippen molar-refractivity contribution in [2.24, 2.45) is 5.92 Å². The highest BCUT2D eigenvalue weighted by Crippen LogP contribution is 2.16. The van der Waals surface area contributed by atoms with Crippen molar-refractivity contribution in [2.45, 2.75) is 26.2 Å². The van der Waals surface area contributed by atoms with E-state index in [-0.39, 0.29) is 30.5 Å². The number of aliphatic hydroxyl groups is 1. The minimum atomic E-state index is -1.02. The van der Waals surface area contributed by atoms with Gasteiger partial charge in [-0.25, -0.2) is 4.79 Å². The number of esters is 1. The van der Waals surface area contributed by atoms with Crippen molar-refractivity contribution >= 4 is 11.9 Å². The highest BCUT2D eigenvalue weighted by molar-refractivity contribution is 5.87. The molecule has 0 aromatic heterocycles. The number of aliphatic hydroxyl groups excluding tert-OH is 1. The van der Waals surface area contributed by atoms with Crippen LogP contribution < -0.4 is 4.74 Å². The molecule has 19 heavy (non-hydrogen) atoms. The van der Waals surface area contributed by atoms with Gasteiger partial charge in [0.15, 0.2) is 0 Å². The summed E-state index contributed by atoms with van der Waals surface area (Å²) in [6.45, 7) is 2.04. The van der Waals surface area contributed by atoms with Crippen LogP contribution >= 0.6 is 0 Å². The summed E-state index contributed by atoms with van der Waals surface area (Å²) in [6.07, 6.45) is 1.71. The van der Waals surface area contributed by atoms with Crippen LogP contribution in [-0.2, 0) is 4.79 Å². The molecule has 0 fully saturated rings. The van der Waals surface area contributed by atoms with E-state index in [1.807, 2.05) is 6.92 Å². The number of hydrogen-bond acceptors (Lipinski definition) is 4. The van der Waals surface area contributed by atoms with Gasteiger partial charge < -0.3 is 14.9 Å². The van der Waals surface area contributed by atoms with Crippen LogP contribution in [0.2, 0.25) is 0 Å². The van der Waals surface area contributed by atoms with Crippen LogP contribution in [0.5, 0.6) is 5.75 Å². The fraction of sp³-hybridized carbons (Fsp3) is 0.429. The van der Waals surface area contributed by atoms with Crippen LogP contribution in [0.3, 0.4) is 0 Å². The van der Waals surface area contributed by atoms with Crippen molar-refractivity contribution in [1.29, 1.82) is 0 Å². The van der Waals surface area contributed by atoms with Crippen LogP contribution in [0.1, 0.15) is 36.5 Å². The van der Waals surface area contributed by atoms with Gasteiger partial charge in [-0.1, -0.05) is 6.92 Å². The third-order valence-electron chi connectivity index (χ3n) is 2.70. The zero-order valence-electron chi connectivity index (χ0n) is 10.8. The molecule has 0 bridgehead atoms. The molecular formula is C14H18O5. The SMILES string of the molecule is CC(CCCO)CC(=O)Oc1ccc(C(=O)O)cc1. The molecule has 0 aliphatic heterocycles. The first-order valence-corrected chi connectivity index (χ1v) is 6.18.